The number of nitrogens with one attached hydrogen (secondary N) is 2. The van der Waals surface area contributed by atoms with Crippen molar-refractivity contribution in [3.8, 4) is 0 Å². The zero-order valence-corrected chi connectivity index (χ0v) is 17.2. The molecule has 0 saturated heterocycles. The molecule has 0 aromatic heterocycles. The number of hydrogen-bond donors (Lipinski definition) is 2. The van der Waals surface area contributed by atoms with E-state index in [9.17, 15) is 14.0 Å². The maximum atomic E-state index is 13.4. The second-order valence-corrected chi connectivity index (χ2v) is 7.55. The number of halogens is 1. The monoisotopic (exact) mass is 421 g/mol. The molecular formula is C24H24FN3O3. The average molecular weight is 421 g/mol. The normalized spacial score (nSPS) is 19.4. The number of esters is 1. The van der Waals surface area contributed by atoms with Gasteiger partial charge in [-0.05, 0) is 35.3 Å². The van der Waals surface area contributed by atoms with Gasteiger partial charge in [0.2, 0.25) is 0 Å². The number of hydrogen-bond acceptors (Lipinski definition) is 4. The predicted molar refractivity (Wildman–Crippen MR) is 115 cm³/mol. The molecular weight excluding hydrogens is 397 g/mol. The summed E-state index contributed by atoms with van der Waals surface area (Å²) in [7, 11) is 1.31. The third kappa shape index (κ3) is 4.67. The van der Waals surface area contributed by atoms with Crippen molar-refractivity contribution < 1.29 is 18.7 Å². The van der Waals surface area contributed by atoms with Crippen LogP contribution >= 0.6 is 0 Å². The first-order valence-electron chi connectivity index (χ1n) is 10.2. The summed E-state index contributed by atoms with van der Waals surface area (Å²) in [4.78, 5) is 27.1. The Morgan fingerprint density at radius 2 is 1.90 bits per heavy atom. The van der Waals surface area contributed by atoms with E-state index in [4.69, 9.17) is 4.74 Å². The van der Waals surface area contributed by atoms with Crippen LogP contribution in [-0.4, -0.2) is 43.6 Å². The Kier molecular flexibility index (Phi) is 6.13. The van der Waals surface area contributed by atoms with E-state index in [0.717, 1.165) is 13.0 Å². The van der Waals surface area contributed by atoms with Gasteiger partial charge in [0.25, 0.3) is 0 Å². The standard InChI is InChI=1S/C24H24FN3O3/c1-31-23(29)21-20(26-24(30)27-22(21)18-7-9-19(25)10-8-18)15-28-13-11-17(12-14-28)16-5-3-2-4-6-16/h2-11,22H,12-15H2,1H3,(H2,26,27,30). The van der Waals surface area contributed by atoms with Gasteiger partial charge >= 0.3 is 12.0 Å². The smallest absolute Gasteiger partial charge is 0.338 e. The van der Waals surface area contributed by atoms with E-state index in [1.165, 1.54) is 30.4 Å². The number of carbonyl (C=O) groups is 2. The topological polar surface area (TPSA) is 70.7 Å². The highest BCUT2D eigenvalue weighted by Crippen LogP contribution is 2.29. The largest absolute Gasteiger partial charge is 0.466 e. The first-order chi connectivity index (χ1) is 15.0. The molecule has 0 saturated carbocycles. The molecule has 0 spiro atoms. The summed E-state index contributed by atoms with van der Waals surface area (Å²) >= 11 is 0. The molecule has 6 nitrogen and oxygen atoms in total. The molecule has 2 aliphatic heterocycles. The number of rotatable bonds is 5. The molecule has 2 N–H and O–H groups in total. The van der Waals surface area contributed by atoms with Gasteiger partial charge in [-0.3, -0.25) is 4.90 Å². The van der Waals surface area contributed by atoms with Crippen molar-refractivity contribution in [2.24, 2.45) is 0 Å². The van der Waals surface area contributed by atoms with Gasteiger partial charge in [-0.25, -0.2) is 14.0 Å². The van der Waals surface area contributed by atoms with Crippen molar-refractivity contribution >= 4 is 17.6 Å². The molecule has 2 amide bonds. The molecule has 2 aromatic rings. The Morgan fingerprint density at radius 1 is 1.16 bits per heavy atom. The summed E-state index contributed by atoms with van der Waals surface area (Å²) in [5.41, 5.74) is 3.94. The number of urea groups is 1. The SMILES string of the molecule is COC(=O)C1=C(CN2CC=C(c3ccccc3)CC2)NC(=O)NC1c1ccc(F)cc1. The Hall–Kier alpha value is -3.45. The molecule has 2 heterocycles. The van der Waals surface area contributed by atoms with Gasteiger partial charge in [0.15, 0.2) is 0 Å². The van der Waals surface area contributed by atoms with Crippen LogP contribution in [0.15, 0.2) is 71.9 Å². The van der Waals surface area contributed by atoms with Gasteiger partial charge in [-0.2, -0.15) is 0 Å². The van der Waals surface area contributed by atoms with Crippen molar-refractivity contribution in [3.63, 3.8) is 0 Å². The highest BCUT2D eigenvalue weighted by atomic mass is 19.1. The van der Waals surface area contributed by atoms with Crippen LogP contribution < -0.4 is 10.6 Å². The molecule has 0 aliphatic carbocycles. The summed E-state index contributed by atoms with van der Waals surface area (Å²) in [6.07, 6.45) is 3.05. The lowest BCUT2D eigenvalue weighted by Crippen LogP contribution is -2.48. The van der Waals surface area contributed by atoms with Gasteiger partial charge in [0.1, 0.15) is 5.82 Å². The molecule has 2 aromatic carbocycles. The maximum Gasteiger partial charge on any atom is 0.338 e. The predicted octanol–water partition coefficient (Wildman–Crippen LogP) is 3.40. The number of nitrogens with zero attached hydrogens (tertiary/aromatic N) is 1. The van der Waals surface area contributed by atoms with Gasteiger partial charge in [0.05, 0.1) is 18.7 Å². The highest BCUT2D eigenvalue weighted by Gasteiger charge is 2.34. The zero-order valence-electron chi connectivity index (χ0n) is 17.2. The van der Waals surface area contributed by atoms with Crippen LogP contribution in [0.4, 0.5) is 9.18 Å². The van der Waals surface area contributed by atoms with Crippen molar-refractivity contribution in [2.45, 2.75) is 12.5 Å². The van der Waals surface area contributed by atoms with Crippen molar-refractivity contribution in [1.82, 2.24) is 15.5 Å². The van der Waals surface area contributed by atoms with Crippen molar-refractivity contribution in [1.29, 1.82) is 0 Å². The quantitative estimate of drug-likeness (QED) is 0.726. The van der Waals surface area contributed by atoms with Crippen LogP contribution in [-0.2, 0) is 9.53 Å². The van der Waals surface area contributed by atoms with Crippen molar-refractivity contribution in [2.75, 3.05) is 26.7 Å². The second-order valence-electron chi connectivity index (χ2n) is 7.55. The van der Waals surface area contributed by atoms with Gasteiger partial charge in [-0.1, -0.05) is 48.5 Å². The average Bonchev–Trinajstić information content (AvgIpc) is 2.80. The first kappa shape index (κ1) is 20.8. The van der Waals surface area contributed by atoms with Crippen molar-refractivity contribution in [3.05, 3.63) is 88.9 Å². The fourth-order valence-electron chi connectivity index (χ4n) is 3.99. The van der Waals surface area contributed by atoms with Crippen LogP contribution in [0.1, 0.15) is 23.6 Å². The first-order valence-corrected chi connectivity index (χ1v) is 10.2. The summed E-state index contributed by atoms with van der Waals surface area (Å²) in [5.74, 6) is -0.920. The van der Waals surface area contributed by atoms with E-state index >= 15 is 0 Å². The Labute approximate surface area is 180 Å². The molecule has 7 heteroatoms. The summed E-state index contributed by atoms with van der Waals surface area (Å²) in [6, 6.07) is 14.8. The zero-order chi connectivity index (χ0) is 21.8. The third-order valence-corrected chi connectivity index (χ3v) is 5.58. The lowest BCUT2D eigenvalue weighted by molar-refractivity contribution is -0.136. The van der Waals surface area contributed by atoms with Gasteiger partial charge in [-0.15, -0.1) is 0 Å². The molecule has 1 unspecified atom stereocenters. The lowest BCUT2D eigenvalue weighted by Gasteiger charge is -2.33. The van der Waals surface area contributed by atoms with Crippen LogP contribution in [0, 0.1) is 5.82 Å². The van der Waals surface area contributed by atoms with E-state index in [0.29, 0.717) is 29.9 Å². The molecule has 0 radical (unpaired) electrons. The molecule has 160 valence electrons. The lowest BCUT2D eigenvalue weighted by atomic mass is 9.94. The minimum absolute atomic E-state index is 0.326. The fourth-order valence-corrected chi connectivity index (χ4v) is 3.99. The molecule has 0 fully saturated rings. The minimum Gasteiger partial charge on any atom is -0.466 e. The van der Waals surface area contributed by atoms with E-state index < -0.39 is 18.0 Å². The molecule has 1 atom stereocenters. The van der Waals surface area contributed by atoms with Crippen LogP contribution in [0.2, 0.25) is 0 Å². The summed E-state index contributed by atoms with van der Waals surface area (Å²) < 4.78 is 18.4. The molecule has 0 bridgehead atoms. The van der Waals surface area contributed by atoms with Gasteiger partial charge < -0.3 is 15.4 Å². The van der Waals surface area contributed by atoms with E-state index in [1.807, 2.05) is 18.2 Å². The maximum absolute atomic E-state index is 13.4. The molecule has 4 rings (SSSR count). The number of carbonyl (C=O) groups excluding carboxylic acids is 2. The van der Waals surface area contributed by atoms with E-state index in [2.05, 4.69) is 33.7 Å². The minimum atomic E-state index is -0.711. The molecule has 2 aliphatic rings. The van der Waals surface area contributed by atoms with E-state index in [1.54, 1.807) is 12.1 Å². The van der Waals surface area contributed by atoms with Crippen LogP contribution in [0.5, 0.6) is 0 Å². The molecule has 31 heavy (non-hydrogen) atoms. The Morgan fingerprint density at radius 3 is 2.55 bits per heavy atom. The van der Waals surface area contributed by atoms with Crippen LogP contribution in [0.3, 0.4) is 0 Å². The summed E-state index contributed by atoms with van der Waals surface area (Å²) in [6.45, 7) is 1.89. The third-order valence-electron chi connectivity index (χ3n) is 5.58. The number of benzene rings is 2. The Balaban J connectivity index is 1.59. The number of methoxy groups -OCH3 is 1. The second kappa shape index (κ2) is 9.14. The highest BCUT2D eigenvalue weighted by molar-refractivity contribution is 5.95. The fraction of sp³-hybridized carbons (Fsp3) is 0.250. The number of ether oxygens (including phenoxy) is 1. The van der Waals surface area contributed by atoms with E-state index in [-0.39, 0.29) is 5.82 Å². The number of amides is 2. The summed E-state index contributed by atoms with van der Waals surface area (Å²) in [5, 5.41) is 5.53. The van der Waals surface area contributed by atoms with Gasteiger partial charge in [0, 0.05) is 25.3 Å². The Bertz CT molecular complexity index is 1030. The van der Waals surface area contributed by atoms with Crippen LogP contribution in [0.25, 0.3) is 5.57 Å².